The van der Waals surface area contributed by atoms with Crippen LogP contribution in [0.15, 0.2) is 54.6 Å². The van der Waals surface area contributed by atoms with Crippen LogP contribution in [0, 0.1) is 0 Å². The van der Waals surface area contributed by atoms with Crippen molar-refractivity contribution in [2.24, 2.45) is 0 Å². The summed E-state index contributed by atoms with van der Waals surface area (Å²) in [6.45, 7) is 0.412. The molecule has 5 heteroatoms. The Morgan fingerprint density at radius 2 is 1.92 bits per heavy atom. The maximum Gasteiger partial charge on any atom is 0.322 e. The van der Waals surface area contributed by atoms with Gasteiger partial charge in [-0.15, -0.1) is 0 Å². The smallest absolute Gasteiger partial charge is 0.322 e. The van der Waals surface area contributed by atoms with Gasteiger partial charge in [-0.2, -0.15) is 0 Å². The SMILES string of the molecule is O=C(Nc1ccccc1)N1Cc2[nH]c3ccccc3c2CC1CO. The van der Waals surface area contributed by atoms with Gasteiger partial charge in [0.1, 0.15) is 0 Å². The number of amides is 2. The Labute approximate surface area is 139 Å². The summed E-state index contributed by atoms with van der Waals surface area (Å²) in [5, 5.41) is 13.9. The number of aromatic nitrogens is 1. The molecule has 2 aromatic carbocycles. The molecule has 0 fully saturated rings. The van der Waals surface area contributed by atoms with Crippen molar-refractivity contribution in [1.82, 2.24) is 9.88 Å². The van der Waals surface area contributed by atoms with Crippen LogP contribution in [0.2, 0.25) is 0 Å². The van der Waals surface area contributed by atoms with Crippen molar-refractivity contribution in [3.63, 3.8) is 0 Å². The first-order valence-corrected chi connectivity index (χ1v) is 8.08. The number of H-pyrrole nitrogens is 1. The molecule has 2 amide bonds. The molecule has 0 aliphatic carbocycles. The van der Waals surface area contributed by atoms with E-state index in [-0.39, 0.29) is 18.7 Å². The van der Waals surface area contributed by atoms with Crippen molar-refractivity contribution < 1.29 is 9.90 Å². The molecule has 1 unspecified atom stereocenters. The van der Waals surface area contributed by atoms with Crippen LogP contribution in [0.1, 0.15) is 11.3 Å². The third-order valence-corrected chi connectivity index (χ3v) is 4.61. The predicted molar refractivity (Wildman–Crippen MR) is 93.9 cm³/mol. The molecule has 1 aromatic heterocycles. The van der Waals surface area contributed by atoms with Gasteiger partial charge in [0.2, 0.25) is 0 Å². The minimum Gasteiger partial charge on any atom is -0.394 e. The van der Waals surface area contributed by atoms with Gasteiger partial charge in [-0.05, 0) is 30.2 Å². The average Bonchev–Trinajstić information content (AvgIpc) is 2.99. The number of benzene rings is 2. The van der Waals surface area contributed by atoms with Gasteiger partial charge in [0.15, 0.2) is 0 Å². The third kappa shape index (κ3) is 2.53. The monoisotopic (exact) mass is 321 g/mol. The van der Waals surface area contributed by atoms with Crippen molar-refractivity contribution in [3.8, 4) is 0 Å². The van der Waals surface area contributed by atoms with Gasteiger partial charge in [0.05, 0.1) is 19.2 Å². The summed E-state index contributed by atoms with van der Waals surface area (Å²) >= 11 is 0. The zero-order valence-electron chi connectivity index (χ0n) is 13.2. The van der Waals surface area contributed by atoms with Gasteiger partial charge in [0, 0.05) is 22.3 Å². The Balaban J connectivity index is 1.63. The number of aliphatic hydroxyl groups is 1. The first kappa shape index (κ1) is 14.8. The fraction of sp³-hybridized carbons (Fsp3) is 0.211. The molecule has 3 N–H and O–H groups in total. The highest BCUT2D eigenvalue weighted by molar-refractivity contribution is 5.90. The summed E-state index contributed by atoms with van der Waals surface area (Å²) in [4.78, 5) is 17.8. The van der Waals surface area contributed by atoms with Crippen LogP contribution in [0.3, 0.4) is 0 Å². The number of hydrogen-bond acceptors (Lipinski definition) is 2. The van der Waals surface area contributed by atoms with Crippen LogP contribution in [0.5, 0.6) is 0 Å². The van der Waals surface area contributed by atoms with Crippen molar-refractivity contribution in [2.45, 2.75) is 19.0 Å². The molecule has 0 spiro atoms. The van der Waals surface area contributed by atoms with Crippen molar-refractivity contribution >= 4 is 22.6 Å². The molecular weight excluding hydrogens is 302 g/mol. The molecule has 0 bridgehead atoms. The fourth-order valence-electron chi connectivity index (χ4n) is 3.39. The molecule has 0 saturated carbocycles. The molecule has 0 radical (unpaired) electrons. The number of hydrogen-bond donors (Lipinski definition) is 3. The van der Waals surface area contributed by atoms with Gasteiger partial charge in [-0.1, -0.05) is 36.4 Å². The van der Waals surface area contributed by atoms with E-state index < -0.39 is 0 Å². The van der Waals surface area contributed by atoms with Crippen LogP contribution >= 0.6 is 0 Å². The summed E-state index contributed by atoms with van der Waals surface area (Å²) in [5.41, 5.74) is 4.07. The second-order valence-electron chi connectivity index (χ2n) is 6.09. The number of urea groups is 1. The van der Waals surface area contributed by atoms with E-state index in [0.29, 0.717) is 13.0 Å². The van der Waals surface area contributed by atoms with Crippen LogP contribution in [-0.2, 0) is 13.0 Å². The quantitative estimate of drug-likeness (QED) is 0.679. The van der Waals surface area contributed by atoms with Crippen molar-refractivity contribution in [3.05, 3.63) is 65.9 Å². The first-order chi connectivity index (χ1) is 11.8. The van der Waals surface area contributed by atoms with Gasteiger partial charge >= 0.3 is 6.03 Å². The lowest BCUT2D eigenvalue weighted by Gasteiger charge is -2.34. The minimum absolute atomic E-state index is 0.0544. The molecule has 122 valence electrons. The number of para-hydroxylation sites is 2. The first-order valence-electron chi connectivity index (χ1n) is 8.08. The van der Waals surface area contributed by atoms with E-state index in [1.807, 2.05) is 48.5 Å². The number of carbonyl (C=O) groups is 1. The van der Waals surface area contributed by atoms with Gasteiger partial charge in [0.25, 0.3) is 0 Å². The van der Waals surface area contributed by atoms with Crippen LogP contribution in [0.4, 0.5) is 10.5 Å². The van der Waals surface area contributed by atoms with E-state index in [1.165, 1.54) is 10.9 Å². The number of fused-ring (bicyclic) bond motifs is 3. The molecule has 24 heavy (non-hydrogen) atoms. The molecule has 1 aliphatic rings. The number of aromatic amines is 1. The molecule has 4 rings (SSSR count). The molecule has 0 saturated heterocycles. The standard InChI is InChI=1S/C19H19N3O2/c23-12-14-10-16-15-8-4-5-9-17(15)21-18(16)11-22(14)19(24)20-13-6-2-1-3-7-13/h1-9,14,21,23H,10-12H2,(H,20,24). The van der Waals surface area contributed by atoms with Gasteiger partial charge < -0.3 is 20.3 Å². The Morgan fingerprint density at radius 1 is 1.17 bits per heavy atom. The minimum atomic E-state index is -0.222. The summed E-state index contributed by atoms with van der Waals surface area (Å²) in [6, 6.07) is 17.1. The van der Waals surface area contributed by atoms with Crippen molar-refractivity contribution in [2.75, 3.05) is 11.9 Å². The Morgan fingerprint density at radius 3 is 2.71 bits per heavy atom. The second-order valence-corrected chi connectivity index (χ2v) is 6.09. The van der Waals surface area contributed by atoms with E-state index in [4.69, 9.17) is 0 Å². The third-order valence-electron chi connectivity index (χ3n) is 4.61. The van der Waals surface area contributed by atoms with Crippen LogP contribution < -0.4 is 5.32 Å². The van der Waals surface area contributed by atoms with E-state index in [2.05, 4.69) is 16.4 Å². The van der Waals surface area contributed by atoms with Gasteiger partial charge in [-0.25, -0.2) is 4.79 Å². The lowest BCUT2D eigenvalue weighted by Crippen LogP contribution is -2.48. The number of rotatable bonds is 2. The lowest BCUT2D eigenvalue weighted by atomic mass is 9.97. The summed E-state index contributed by atoms with van der Waals surface area (Å²) < 4.78 is 0. The zero-order chi connectivity index (χ0) is 16.5. The highest BCUT2D eigenvalue weighted by atomic mass is 16.3. The summed E-state index contributed by atoms with van der Waals surface area (Å²) in [6.07, 6.45) is 0.651. The average molecular weight is 321 g/mol. The molecule has 1 aliphatic heterocycles. The van der Waals surface area contributed by atoms with E-state index in [1.54, 1.807) is 4.90 Å². The predicted octanol–water partition coefficient (Wildman–Crippen LogP) is 3.12. The normalized spacial score (nSPS) is 16.9. The number of anilines is 1. The number of aliphatic hydroxyl groups excluding tert-OH is 1. The number of nitrogens with zero attached hydrogens (tertiary/aromatic N) is 1. The maximum absolute atomic E-state index is 12.7. The topological polar surface area (TPSA) is 68.4 Å². The molecular formula is C19H19N3O2. The number of carbonyl (C=O) groups excluding carboxylic acids is 1. The van der Waals surface area contributed by atoms with Crippen LogP contribution in [-0.4, -0.2) is 33.7 Å². The lowest BCUT2D eigenvalue weighted by molar-refractivity contribution is 0.129. The molecule has 5 nitrogen and oxygen atoms in total. The Bertz CT molecular complexity index is 873. The summed E-state index contributed by atoms with van der Waals surface area (Å²) in [7, 11) is 0. The Kier molecular flexibility index (Phi) is 3.70. The summed E-state index contributed by atoms with van der Waals surface area (Å²) in [5.74, 6) is 0. The Hall–Kier alpha value is -2.79. The van der Waals surface area contributed by atoms with E-state index in [9.17, 15) is 9.90 Å². The maximum atomic E-state index is 12.7. The molecule has 2 heterocycles. The molecule has 3 aromatic rings. The van der Waals surface area contributed by atoms with Crippen molar-refractivity contribution in [1.29, 1.82) is 0 Å². The van der Waals surface area contributed by atoms with E-state index in [0.717, 1.165) is 16.9 Å². The van der Waals surface area contributed by atoms with Gasteiger partial charge in [-0.3, -0.25) is 0 Å². The number of nitrogens with one attached hydrogen (secondary N) is 2. The fourth-order valence-corrected chi connectivity index (χ4v) is 3.39. The molecule has 1 atom stereocenters. The largest absolute Gasteiger partial charge is 0.394 e. The zero-order valence-corrected chi connectivity index (χ0v) is 13.2. The highest BCUT2D eigenvalue weighted by Crippen LogP contribution is 2.30. The second kappa shape index (κ2) is 6.02. The van der Waals surface area contributed by atoms with E-state index >= 15 is 0 Å². The van der Waals surface area contributed by atoms with Crippen LogP contribution in [0.25, 0.3) is 10.9 Å². The highest BCUT2D eigenvalue weighted by Gasteiger charge is 2.31.